The Morgan fingerprint density at radius 2 is 1.60 bits per heavy atom. The Labute approximate surface area is 135 Å². The molecule has 4 heteroatoms. The van der Waals surface area contributed by atoms with Crippen molar-refractivity contribution in [1.29, 1.82) is 0 Å². The minimum atomic E-state index is 0.746. The highest BCUT2D eigenvalue weighted by Gasteiger charge is 2.06. The molecule has 0 bridgehead atoms. The van der Waals surface area contributed by atoms with E-state index in [4.69, 9.17) is 16.6 Å². The molecule has 0 unspecified atom stereocenters. The summed E-state index contributed by atoms with van der Waals surface area (Å²) in [6.07, 6.45) is 0. The maximum atomic E-state index is 5.91. The van der Waals surface area contributed by atoms with Gasteiger partial charge in [0, 0.05) is 26.9 Å². The lowest BCUT2D eigenvalue weighted by molar-refractivity contribution is 1.38. The lowest BCUT2D eigenvalue weighted by atomic mass is 10.1. The molecule has 0 amide bonds. The minimum absolute atomic E-state index is 0.746. The smallest absolute Gasteiger partial charge is 0.124 e. The number of halogens is 2. The van der Waals surface area contributed by atoms with Gasteiger partial charge in [-0.25, -0.2) is 4.98 Å². The van der Waals surface area contributed by atoms with Crippen molar-refractivity contribution in [3.8, 4) is 21.8 Å². The number of rotatable bonds is 3. The number of alkyl halides is 1. The van der Waals surface area contributed by atoms with Crippen LogP contribution in [0.25, 0.3) is 21.8 Å². The van der Waals surface area contributed by atoms with Gasteiger partial charge in [0.2, 0.25) is 0 Å². The number of hydrogen-bond acceptors (Lipinski definition) is 2. The summed E-state index contributed by atoms with van der Waals surface area (Å²) in [5.41, 5.74) is 4.52. The zero-order valence-corrected chi connectivity index (χ0v) is 13.7. The van der Waals surface area contributed by atoms with Crippen molar-refractivity contribution in [3.05, 3.63) is 64.5 Å². The summed E-state index contributed by atoms with van der Waals surface area (Å²) in [4.78, 5) is 4.70. The summed E-state index contributed by atoms with van der Waals surface area (Å²) in [6.45, 7) is 0. The SMILES string of the molecule is Clc1ccc(-c2nc(-c3ccc(CBr)cc3)cs2)cc1. The molecule has 0 spiro atoms. The van der Waals surface area contributed by atoms with Crippen LogP contribution in [-0.4, -0.2) is 4.98 Å². The van der Waals surface area contributed by atoms with Gasteiger partial charge in [0.15, 0.2) is 0 Å². The van der Waals surface area contributed by atoms with Crippen LogP contribution in [-0.2, 0) is 5.33 Å². The van der Waals surface area contributed by atoms with Crippen LogP contribution in [0, 0.1) is 0 Å². The van der Waals surface area contributed by atoms with Gasteiger partial charge in [-0.05, 0) is 17.7 Å². The summed E-state index contributed by atoms with van der Waals surface area (Å²) in [7, 11) is 0. The zero-order valence-electron chi connectivity index (χ0n) is 10.5. The van der Waals surface area contributed by atoms with E-state index in [0.29, 0.717) is 0 Å². The number of benzene rings is 2. The molecule has 0 radical (unpaired) electrons. The van der Waals surface area contributed by atoms with Crippen LogP contribution >= 0.6 is 38.9 Å². The molecule has 1 aromatic heterocycles. The molecule has 2 aromatic carbocycles. The van der Waals surface area contributed by atoms with Crippen molar-refractivity contribution in [2.24, 2.45) is 0 Å². The summed E-state index contributed by atoms with van der Waals surface area (Å²) < 4.78 is 0. The fourth-order valence-corrected chi connectivity index (χ4v) is 3.23. The molecular formula is C16H11BrClNS. The molecule has 20 heavy (non-hydrogen) atoms. The fourth-order valence-electron chi connectivity index (χ4n) is 1.90. The predicted octanol–water partition coefficient (Wildman–Crippen LogP) is 6.03. The molecule has 0 aliphatic carbocycles. The maximum Gasteiger partial charge on any atom is 0.124 e. The van der Waals surface area contributed by atoms with E-state index in [2.05, 4.69) is 45.6 Å². The molecule has 0 atom stereocenters. The normalized spacial score (nSPS) is 10.7. The van der Waals surface area contributed by atoms with Crippen LogP contribution in [0.1, 0.15) is 5.56 Å². The number of thiazole rings is 1. The van der Waals surface area contributed by atoms with E-state index < -0.39 is 0 Å². The second-order valence-corrected chi connectivity index (χ2v) is 6.23. The van der Waals surface area contributed by atoms with Gasteiger partial charge in [0.05, 0.1) is 5.69 Å². The third-order valence-corrected chi connectivity index (χ3v) is 4.79. The predicted molar refractivity (Wildman–Crippen MR) is 90.6 cm³/mol. The second-order valence-electron chi connectivity index (χ2n) is 4.38. The largest absolute Gasteiger partial charge is 0.236 e. The first-order chi connectivity index (χ1) is 9.76. The average Bonchev–Trinajstić information content (AvgIpc) is 2.98. The van der Waals surface area contributed by atoms with Gasteiger partial charge in [-0.1, -0.05) is 63.9 Å². The first-order valence-corrected chi connectivity index (χ1v) is 8.51. The van der Waals surface area contributed by atoms with Gasteiger partial charge >= 0.3 is 0 Å². The Hall–Kier alpha value is -1.16. The fraction of sp³-hybridized carbons (Fsp3) is 0.0625. The van der Waals surface area contributed by atoms with Crippen molar-refractivity contribution in [2.45, 2.75) is 5.33 Å². The standard InChI is InChI=1S/C16H11BrClNS/c17-9-11-1-3-12(4-2-11)15-10-20-16(19-15)13-5-7-14(18)8-6-13/h1-8,10H,9H2. The van der Waals surface area contributed by atoms with Gasteiger partial charge in [-0.2, -0.15) is 0 Å². The van der Waals surface area contributed by atoms with Crippen LogP contribution in [0.2, 0.25) is 5.02 Å². The van der Waals surface area contributed by atoms with Crippen molar-refractivity contribution >= 4 is 38.9 Å². The summed E-state index contributed by atoms with van der Waals surface area (Å²) in [5, 5.41) is 4.73. The molecule has 0 saturated carbocycles. The van der Waals surface area contributed by atoms with E-state index in [1.165, 1.54) is 5.56 Å². The first kappa shape index (κ1) is 13.8. The van der Waals surface area contributed by atoms with Crippen LogP contribution in [0.15, 0.2) is 53.9 Å². The van der Waals surface area contributed by atoms with Crippen molar-refractivity contribution in [2.75, 3.05) is 0 Å². The van der Waals surface area contributed by atoms with Crippen molar-refractivity contribution in [3.63, 3.8) is 0 Å². The van der Waals surface area contributed by atoms with Gasteiger partial charge in [-0.3, -0.25) is 0 Å². The third-order valence-electron chi connectivity index (χ3n) is 3.00. The van der Waals surface area contributed by atoms with Crippen LogP contribution in [0.3, 0.4) is 0 Å². The van der Waals surface area contributed by atoms with Gasteiger partial charge < -0.3 is 0 Å². The molecule has 0 N–H and O–H groups in total. The van der Waals surface area contributed by atoms with E-state index in [1.54, 1.807) is 11.3 Å². The van der Waals surface area contributed by atoms with E-state index in [-0.39, 0.29) is 0 Å². The van der Waals surface area contributed by atoms with E-state index in [9.17, 15) is 0 Å². The summed E-state index contributed by atoms with van der Waals surface area (Å²) in [6, 6.07) is 16.2. The van der Waals surface area contributed by atoms with Crippen LogP contribution in [0.5, 0.6) is 0 Å². The maximum absolute atomic E-state index is 5.91. The van der Waals surface area contributed by atoms with Crippen molar-refractivity contribution < 1.29 is 0 Å². The topological polar surface area (TPSA) is 12.9 Å². The van der Waals surface area contributed by atoms with E-state index in [0.717, 1.165) is 32.2 Å². The molecule has 3 aromatic rings. The Morgan fingerprint density at radius 3 is 2.25 bits per heavy atom. The first-order valence-electron chi connectivity index (χ1n) is 6.13. The van der Waals surface area contributed by atoms with E-state index in [1.807, 2.05) is 24.3 Å². The highest BCUT2D eigenvalue weighted by molar-refractivity contribution is 9.08. The molecular weight excluding hydrogens is 354 g/mol. The average molecular weight is 365 g/mol. The van der Waals surface area contributed by atoms with Gasteiger partial charge in [0.25, 0.3) is 0 Å². The third kappa shape index (κ3) is 2.95. The lowest BCUT2D eigenvalue weighted by Gasteiger charge is -1.99. The summed E-state index contributed by atoms with van der Waals surface area (Å²) >= 11 is 11.0. The second kappa shape index (κ2) is 6.08. The monoisotopic (exact) mass is 363 g/mol. The Kier molecular flexibility index (Phi) is 4.20. The van der Waals surface area contributed by atoms with Crippen molar-refractivity contribution in [1.82, 2.24) is 4.98 Å². The van der Waals surface area contributed by atoms with E-state index >= 15 is 0 Å². The Morgan fingerprint density at radius 1 is 0.950 bits per heavy atom. The molecule has 0 fully saturated rings. The minimum Gasteiger partial charge on any atom is -0.236 e. The summed E-state index contributed by atoms with van der Waals surface area (Å²) in [5.74, 6) is 0. The number of aromatic nitrogens is 1. The number of nitrogens with zero attached hydrogens (tertiary/aromatic N) is 1. The lowest BCUT2D eigenvalue weighted by Crippen LogP contribution is -1.81. The molecule has 0 aliphatic heterocycles. The highest BCUT2D eigenvalue weighted by Crippen LogP contribution is 2.29. The van der Waals surface area contributed by atoms with Gasteiger partial charge in [-0.15, -0.1) is 11.3 Å². The molecule has 1 heterocycles. The van der Waals surface area contributed by atoms with Crippen LogP contribution in [0.4, 0.5) is 0 Å². The van der Waals surface area contributed by atoms with Gasteiger partial charge in [0.1, 0.15) is 5.01 Å². The molecule has 3 rings (SSSR count). The Balaban J connectivity index is 1.91. The number of hydrogen-bond donors (Lipinski definition) is 0. The molecule has 0 saturated heterocycles. The van der Waals surface area contributed by atoms with Crippen LogP contribution < -0.4 is 0 Å². The molecule has 100 valence electrons. The Bertz CT molecular complexity index is 704. The quantitative estimate of drug-likeness (QED) is 0.517. The zero-order chi connectivity index (χ0) is 13.9. The molecule has 0 aliphatic rings. The molecule has 1 nitrogen and oxygen atoms in total. The highest BCUT2D eigenvalue weighted by atomic mass is 79.9.